The lowest BCUT2D eigenvalue weighted by Crippen LogP contribution is -2.32. The van der Waals surface area contributed by atoms with Crippen LogP contribution in [0.4, 0.5) is 11.5 Å². The molecule has 1 aliphatic rings. The highest BCUT2D eigenvalue weighted by molar-refractivity contribution is 5.91. The van der Waals surface area contributed by atoms with E-state index in [1.54, 1.807) is 6.33 Å². The summed E-state index contributed by atoms with van der Waals surface area (Å²) in [7, 11) is 0. The maximum Gasteiger partial charge on any atom is 0.140 e. The van der Waals surface area contributed by atoms with Crippen molar-refractivity contribution in [3.05, 3.63) is 24.5 Å². The van der Waals surface area contributed by atoms with Crippen LogP contribution in [0.15, 0.2) is 24.5 Å². The Labute approximate surface area is 105 Å². The van der Waals surface area contributed by atoms with Gasteiger partial charge in [-0.25, -0.2) is 9.97 Å². The summed E-state index contributed by atoms with van der Waals surface area (Å²) in [5.74, 6) is 0.879. The molecule has 5 heteroatoms. The fourth-order valence-electron chi connectivity index (χ4n) is 2.59. The molecule has 2 heterocycles. The molecule has 1 aromatic carbocycles. The Balaban J connectivity index is 2.13. The third-order valence-electron chi connectivity index (χ3n) is 3.50. The van der Waals surface area contributed by atoms with Crippen molar-refractivity contribution < 1.29 is 5.11 Å². The molecule has 3 N–H and O–H groups in total. The van der Waals surface area contributed by atoms with Gasteiger partial charge in [0.15, 0.2) is 0 Å². The molecule has 94 valence electrons. The van der Waals surface area contributed by atoms with E-state index in [0.717, 1.165) is 36.1 Å². The van der Waals surface area contributed by atoms with Crippen LogP contribution in [-0.4, -0.2) is 34.3 Å². The fraction of sp³-hybridized carbons (Fsp3) is 0.385. The van der Waals surface area contributed by atoms with Gasteiger partial charge in [0.05, 0.1) is 18.2 Å². The molecule has 3 rings (SSSR count). The Hall–Kier alpha value is -1.88. The number of nitrogen functional groups attached to an aromatic ring is 1. The lowest BCUT2D eigenvalue weighted by atomic mass is 10.2. The SMILES string of the molecule is Nc1ccc2ncnc(N3CCCC3CO)c2c1. The standard InChI is InChI=1S/C13H16N4O/c14-9-3-4-12-11(6-9)13(16-8-15-12)17-5-1-2-10(17)7-18/h3-4,6,8,10,18H,1-2,5,7,14H2. The van der Waals surface area contributed by atoms with Crippen molar-refractivity contribution in [2.75, 3.05) is 23.8 Å². The first-order chi connectivity index (χ1) is 8.79. The number of hydrogen-bond acceptors (Lipinski definition) is 5. The first kappa shape index (κ1) is 11.2. The molecular formula is C13H16N4O. The topological polar surface area (TPSA) is 75.3 Å². The smallest absolute Gasteiger partial charge is 0.140 e. The van der Waals surface area contributed by atoms with E-state index in [2.05, 4.69) is 14.9 Å². The molecule has 0 bridgehead atoms. The van der Waals surface area contributed by atoms with E-state index in [-0.39, 0.29) is 12.6 Å². The minimum atomic E-state index is 0.157. The van der Waals surface area contributed by atoms with E-state index >= 15 is 0 Å². The summed E-state index contributed by atoms with van der Waals surface area (Å²) in [6.45, 7) is 1.08. The van der Waals surface area contributed by atoms with E-state index in [9.17, 15) is 5.11 Å². The summed E-state index contributed by atoms with van der Waals surface area (Å²) in [5.41, 5.74) is 7.43. The quantitative estimate of drug-likeness (QED) is 0.776. The number of nitrogens with two attached hydrogens (primary N) is 1. The molecule has 0 aliphatic carbocycles. The molecule has 0 amide bonds. The van der Waals surface area contributed by atoms with Gasteiger partial charge in [-0.2, -0.15) is 0 Å². The number of benzene rings is 1. The van der Waals surface area contributed by atoms with Gasteiger partial charge in [0.25, 0.3) is 0 Å². The molecule has 1 atom stereocenters. The van der Waals surface area contributed by atoms with E-state index in [0.29, 0.717) is 5.69 Å². The van der Waals surface area contributed by atoms with Gasteiger partial charge in [-0.15, -0.1) is 0 Å². The predicted octanol–water partition coefficient (Wildman–Crippen LogP) is 1.17. The van der Waals surface area contributed by atoms with Gasteiger partial charge >= 0.3 is 0 Å². The summed E-state index contributed by atoms with van der Waals surface area (Å²) >= 11 is 0. The van der Waals surface area contributed by atoms with Gasteiger partial charge in [-0.1, -0.05) is 0 Å². The van der Waals surface area contributed by atoms with Crippen molar-refractivity contribution in [3.8, 4) is 0 Å². The first-order valence-corrected chi connectivity index (χ1v) is 6.17. The predicted molar refractivity (Wildman–Crippen MR) is 71.4 cm³/mol. The third kappa shape index (κ3) is 1.76. The molecular weight excluding hydrogens is 228 g/mol. The minimum absolute atomic E-state index is 0.157. The number of anilines is 2. The molecule has 2 aromatic rings. The van der Waals surface area contributed by atoms with Gasteiger partial charge in [0.1, 0.15) is 12.1 Å². The van der Waals surface area contributed by atoms with Crippen molar-refractivity contribution in [2.24, 2.45) is 0 Å². The zero-order chi connectivity index (χ0) is 12.5. The molecule has 0 saturated carbocycles. The number of aliphatic hydroxyl groups excluding tert-OH is 1. The van der Waals surface area contributed by atoms with E-state index in [1.807, 2.05) is 18.2 Å². The second-order valence-electron chi connectivity index (χ2n) is 4.65. The average Bonchev–Trinajstić information content (AvgIpc) is 2.86. The number of rotatable bonds is 2. The Morgan fingerprint density at radius 2 is 2.28 bits per heavy atom. The molecule has 0 radical (unpaired) electrons. The zero-order valence-corrected chi connectivity index (χ0v) is 10.1. The summed E-state index contributed by atoms with van der Waals surface area (Å²) in [6, 6.07) is 5.80. The number of aliphatic hydroxyl groups is 1. The Morgan fingerprint density at radius 3 is 3.11 bits per heavy atom. The second kappa shape index (κ2) is 4.42. The molecule has 1 fully saturated rings. The van der Waals surface area contributed by atoms with Crippen molar-refractivity contribution in [3.63, 3.8) is 0 Å². The van der Waals surface area contributed by atoms with Crippen LogP contribution in [-0.2, 0) is 0 Å². The van der Waals surface area contributed by atoms with Crippen molar-refractivity contribution >= 4 is 22.4 Å². The molecule has 1 aromatic heterocycles. The monoisotopic (exact) mass is 244 g/mol. The van der Waals surface area contributed by atoms with Crippen LogP contribution in [0.2, 0.25) is 0 Å². The normalized spacial score (nSPS) is 19.6. The number of nitrogens with zero attached hydrogens (tertiary/aromatic N) is 3. The van der Waals surface area contributed by atoms with Crippen molar-refractivity contribution in [1.29, 1.82) is 0 Å². The van der Waals surface area contributed by atoms with Crippen LogP contribution in [0.3, 0.4) is 0 Å². The van der Waals surface area contributed by atoms with E-state index in [4.69, 9.17) is 5.73 Å². The van der Waals surface area contributed by atoms with Crippen LogP contribution in [0.25, 0.3) is 10.9 Å². The van der Waals surface area contributed by atoms with Crippen LogP contribution < -0.4 is 10.6 Å². The van der Waals surface area contributed by atoms with Crippen LogP contribution >= 0.6 is 0 Å². The maximum absolute atomic E-state index is 9.41. The molecule has 1 saturated heterocycles. The summed E-state index contributed by atoms with van der Waals surface area (Å²) in [4.78, 5) is 10.8. The third-order valence-corrected chi connectivity index (χ3v) is 3.50. The van der Waals surface area contributed by atoms with Gasteiger partial charge in [0, 0.05) is 17.6 Å². The van der Waals surface area contributed by atoms with Gasteiger partial charge < -0.3 is 15.7 Å². The maximum atomic E-state index is 9.41. The largest absolute Gasteiger partial charge is 0.399 e. The van der Waals surface area contributed by atoms with Gasteiger partial charge in [0.2, 0.25) is 0 Å². The Morgan fingerprint density at radius 1 is 1.39 bits per heavy atom. The van der Waals surface area contributed by atoms with Crippen LogP contribution in [0.1, 0.15) is 12.8 Å². The summed E-state index contributed by atoms with van der Waals surface area (Å²) < 4.78 is 0. The van der Waals surface area contributed by atoms with Crippen LogP contribution in [0, 0.1) is 0 Å². The van der Waals surface area contributed by atoms with E-state index in [1.165, 1.54) is 0 Å². The average molecular weight is 244 g/mol. The van der Waals surface area contributed by atoms with Crippen molar-refractivity contribution in [1.82, 2.24) is 9.97 Å². The minimum Gasteiger partial charge on any atom is -0.399 e. The number of fused-ring (bicyclic) bond motifs is 1. The molecule has 1 unspecified atom stereocenters. The number of aromatic nitrogens is 2. The van der Waals surface area contributed by atoms with Gasteiger partial charge in [-0.05, 0) is 31.0 Å². The molecule has 5 nitrogen and oxygen atoms in total. The Bertz CT molecular complexity index is 572. The molecule has 1 aliphatic heterocycles. The summed E-state index contributed by atoms with van der Waals surface area (Å²) in [5, 5.41) is 10.4. The first-order valence-electron chi connectivity index (χ1n) is 6.17. The highest BCUT2D eigenvalue weighted by Crippen LogP contribution is 2.30. The van der Waals surface area contributed by atoms with E-state index < -0.39 is 0 Å². The lowest BCUT2D eigenvalue weighted by molar-refractivity contribution is 0.266. The molecule has 0 spiro atoms. The second-order valence-corrected chi connectivity index (χ2v) is 4.65. The van der Waals surface area contributed by atoms with Crippen molar-refractivity contribution in [2.45, 2.75) is 18.9 Å². The fourth-order valence-corrected chi connectivity index (χ4v) is 2.59. The van der Waals surface area contributed by atoms with Gasteiger partial charge in [-0.3, -0.25) is 0 Å². The lowest BCUT2D eigenvalue weighted by Gasteiger charge is -2.25. The molecule has 18 heavy (non-hydrogen) atoms. The number of hydrogen-bond donors (Lipinski definition) is 2. The summed E-state index contributed by atoms with van der Waals surface area (Å²) in [6.07, 6.45) is 3.66. The van der Waals surface area contributed by atoms with Crippen LogP contribution in [0.5, 0.6) is 0 Å². The Kier molecular flexibility index (Phi) is 2.76. The highest BCUT2D eigenvalue weighted by atomic mass is 16.3. The highest BCUT2D eigenvalue weighted by Gasteiger charge is 2.26. The zero-order valence-electron chi connectivity index (χ0n) is 10.1.